The van der Waals surface area contributed by atoms with Gasteiger partial charge in [-0.2, -0.15) is 0 Å². The molecular weight excluding hydrogens is 303 g/mol. The van der Waals surface area contributed by atoms with E-state index in [1.165, 1.54) is 25.0 Å². The number of carbonyl (C=O) groups is 1. The van der Waals surface area contributed by atoms with Crippen LogP contribution in [-0.4, -0.2) is 41.9 Å². The summed E-state index contributed by atoms with van der Waals surface area (Å²) < 4.78 is 13.1. The molecule has 0 radical (unpaired) electrons. The van der Waals surface area contributed by atoms with Gasteiger partial charge in [0, 0.05) is 37.7 Å². The fourth-order valence-corrected chi connectivity index (χ4v) is 4.09. The molecular formula is C20H27FN2O. The van der Waals surface area contributed by atoms with E-state index < -0.39 is 0 Å². The first-order chi connectivity index (χ1) is 11.5. The number of piperidine rings is 1. The van der Waals surface area contributed by atoms with Crippen molar-refractivity contribution in [3.8, 4) is 0 Å². The summed E-state index contributed by atoms with van der Waals surface area (Å²) in [6.07, 6.45) is 5.21. The van der Waals surface area contributed by atoms with E-state index in [-0.39, 0.29) is 17.1 Å². The first kappa shape index (κ1) is 17.2. The fourth-order valence-electron chi connectivity index (χ4n) is 4.09. The van der Waals surface area contributed by atoms with Gasteiger partial charge in [0.1, 0.15) is 5.82 Å². The highest BCUT2D eigenvalue weighted by atomic mass is 19.1. The molecule has 4 heteroatoms. The van der Waals surface area contributed by atoms with Gasteiger partial charge in [-0.1, -0.05) is 17.7 Å². The quantitative estimate of drug-likeness (QED) is 0.791. The molecule has 0 aliphatic carbocycles. The van der Waals surface area contributed by atoms with E-state index in [0.717, 1.165) is 50.3 Å². The van der Waals surface area contributed by atoms with Crippen molar-refractivity contribution in [3.05, 3.63) is 47.3 Å². The molecule has 1 atom stereocenters. The Labute approximate surface area is 144 Å². The Morgan fingerprint density at radius 1 is 1.17 bits per heavy atom. The summed E-state index contributed by atoms with van der Waals surface area (Å²) in [5, 5.41) is 0. The van der Waals surface area contributed by atoms with Crippen molar-refractivity contribution in [1.82, 2.24) is 9.80 Å². The topological polar surface area (TPSA) is 23.6 Å². The summed E-state index contributed by atoms with van der Waals surface area (Å²) in [4.78, 5) is 16.8. The predicted octanol–water partition coefficient (Wildman–Crippen LogP) is 3.61. The minimum absolute atomic E-state index is 0.155. The Balaban J connectivity index is 1.62. The lowest BCUT2D eigenvalue weighted by molar-refractivity contribution is -0.125. The van der Waals surface area contributed by atoms with E-state index in [9.17, 15) is 9.18 Å². The summed E-state index contributed by atoms with van der Waals surface area (Å²) in [7, 11) is 0. The highest BCUT2D eigenvalue weighted by Gasteiger charge is 2.42. The van der Waals surface area contributed by atoms with Gasteiger partial charge in [-0.3, -0.25) is 9.69 Å². The standard InChI is InChI=1S/C20H27FN2O/c1-16(2)12-19(24)23-11-9-20(15-23)8-3-10-22(14-20)13-17-4-6-18(21)7-5-17/h4-7,12H,3,8-11,13-15H2,1-2H3. The van der Waals surface area contributed by atoms with Gasteiger partial charge >= 0.3 is 0 Å². The summed E-state index contributed by atoms with van der Waals surface area (Å²) in [6.45, 7) is 8.65. The molecule has 0 saturated carbocycles. The van der Waals surface area contributed by atoms with Crippen molar-refractivity contribution in [2.75, 3.05) is 26.2 Å². The number of nitrogens with zero attached hydrogens (tertiary/aromatic N) is 2. The molecule has 24 heavy (non-hydrogen) atoms. The minimum Gasteiger partial charge on any atom is -0.339 e. The van der Waals surface area contributed by atoms with Crippen molar-refractivity contribution >= 4 is 5.91 Å². The van der Waals surface area contributed by atoms with Crippen LogP contribution < -0.4 is 0 Å². The molecule has 0 bridgehead atoms. The fraction of sp³-hybridized carbons (Fsp3) is 0.550. The number of allylic oxidation sites excluding steroid dienone is 1. The van der Waals surface area contributed by atoms with Crippen LogP contribution in [0.4, 0.5) is 4.39 Å². The summed E-state index contributed by atoms with van der Waals surface area (Å²) in [5.41, 5.74) is 2.45. The molecule has 2 saturated heterocycles. The van der Waals surface area contributed by atoms with Crippen molar-refractivity contribution in [1.29, 1.82) is 0 Å². The minimum atomic E-state index is -0.182. The summed E-state index contributed by atoms with van der Waals surface area (Å²) in [6, 6.07) is 6.81. The maximum atomic E-state index is 13.1. The van der Waals surface area contributed by atoms with Crippen LogP contribution in [0, 0.1) is 11.2 Å². The molecule has 1 unspecified atom stereocenters. The number of hydrogen-bond donors (Lipinski definition) is 0. The Hall–Kier alpha value is -1.68. The third-order valence-corrected chi connectivity index (χ3v) is 5.22. The van der Waals surface area contributed by atoms with Crippen LogP contribution in [0.15, 0.2) is 35.9 Å². The van der Waals surface area contributed by atoms with Crippen LogP contribution >= 0.6 is 0 Å². The van der Waals surface area contributed by atoms with Crippen LogP contribution in [0.3, 0.4) is 0 Å². The second kappa shape index (κ2) is 7.06. The smallest absolute Gasteiger partial charge is 0.246 e. The van der Waals surface area contributed by atoms with Crippen LogP contribution in [0.5, 0.6) is 0 Å². The van der Waals surface area contributed by atoms with E-state index in [1.54, 1.807) is 6.08 Å². The molecule has 1 spiro atoms. The van der Waals surface area contributed by atoms with E-state index in [1.807, 2.05) is 30.9 Å². The first-order valence-electron chi connectivity index (χ1n) is 8.86. The number of hydrogen-bond acceptors (Lipinski definition) is 2. The van der Waals surface area contributed by atoms with Gasteiger partial charge in [0.15, 0.2) is 0 Å². The second-order valence-corrected chi connectivity index (χ2v) is 7.67. The number of likely N-dealkylation sites (tertiary alicyclic amines) is 2. The zero-order valence-electron chi connectivity index (χ0n) is 14.7. The highest BCUT2D eigenvalue weighted by Crippen LogP contribution is 2.39. The number of amides is 1. The summed E-state index contributed by atoms with van der Waals surface area (Å²) >= 11 is 0. The zero-order valence-corrected chi connectivity index (χ0v) is 14.7. The lowest BCUT2D eigenvalue weighted by atomic mass is 9.79. The molecule has 1 aromatic rings. The van der Waals surface area contributed by atoms with Crippen molar-refractivity contribution in [2.24, 2.45) is 5.41 Å². The van der Waals surface area contributed by atoms with Crippen LogP contribution in [0.1, 0.15) is 38.7 Å². The molecule has 2 aliphatic rings. The molecule has 130 valence electrons. The number of halogens is 1. The third kappa shape index (κ3) is 4.04. The second-order valence-electron chi connectivity index (χ2n) is 7.67. The molecule has 3 rings (SSSR count). The summed E-state index contributed by atoms with van der Waals surface area (Å²) in [5.74, 6) is -0.0272. The Bertz CT molecular complexity index is 621. The van der Waals surface area contributed by atoms with Gasteiger partial charge in [-0.15, -0.1) is 0 Å². The predicted molar refractivity (Wildman–Crippen MR) is 94.0 cm³/mol. The van der Waals surface area contributed by atoms with E-state index >= 15 is 0 Å². The molecule has 2 aliphatic heterocycles. The molecule has 2 heterocycles. The molecule has 1 aromatic carbocycles. The van der Waals surface area contributed by atoms with E-state index in [2.05, 4.69) is 4.90 Å². The average Bonchev–Trinajstić information content (AvgIpc) is 2.93. The van der Waals surface area contributed by atoms with Gasteiger partial charge in [0.2, 0.25) is 5.91 Å². The van der Waals surface area contributed by atoms with Crippen LogP contribution in [0.25, 0.3) is 0 Å². The van der Waals surface area contributed by atoms with E-state index in [0.29, 0.717) is 0 Å². The average molecular weight is 330 g/mol. The maximum absolute atomic E-state index is 13.1. The largest absolute Gasteiger partial charge is 0.339 e. The molecule has 3 nitrogen and oxygen atoms in total. The van der Waals surface area contributed by atoms with Crippen molar-refractivity contribution in [3.63, 3.8) is 0 Å². The van der Waals surface area contributed by atoms with Crippen LogP contribution in [-0.2, 0) is 11.3 Å². The Morgan fingerprint density at radius 3 is 2.62 bits per heavy atom. The number of rotatable bonds is 3. The molecule has 0 N–H and O–H groups in total. The molecule has 0 aromatic heterocycles. The highest BCUT2D eigenvalue weighted by molar-refractivity contribution is 5.88. The Kier molecular flexibility index (Phi) is 5.04. The van der Waals surface area contributed by atoms with E-state index in [4.69, 9.17) is 0 Å². The SMILES string of the molecule is CC(C)=CC(=O)N1CCC2(CCCN(Cc3ccc(F)cc3)C2)C1. The molecule has 2 fully saturated rings. The van der Waals surface area contributed by atoms with Gasteiger partial charge in [-0.25, -0.2) is 4.39 Å². The first-order valence-corrected chi connectivity index (χ1v) is 8.86. The number of benzene rings is 1. The maximum Gasteiger partial charge on any atom is 0.246 e. The van der Waals surface area contributed by atoms with Gasteiger partial charge in [-0.05, 0) is 57.4 Å². The zero-order chi connectivity index (χ0) is 17.2. The van der Waals surface area contributed by atoms with Gasteiger partial charge in [0.05, 0.1) is 0 Å². The molecule has 1 amide bonds. The monoisotopic (exact) mass is 330 g/mol. The Morgan fingerprint density at radius 2 is 1.92 bits per heavy atom. The normalized spacial score (nSPS) is 24.4. The lowest BCUT2D eigenvalue weighted by Gasteiger charge is -2.40. The number of carbonyl (C=O) groups excluding carboxylic acids is 1. The van der Waals surface area contributed by atoms with Crippen molar-refractivity contribution < 1.29 is 9.18 Å². The van der Waals surface area contributed by atoms with Crippen molar-refractivity contribution in [2.45, 2.75) is 39.7 Å². The van der Waals surface area contributed by atoms with Gasteiger partial charge in [0.25, 0.3) is 0 Å². The van der Waals surface area contributed by atoms with Gasteiger partial charge < -0.3 is 4.90 Å². The third-order valence-electron chi connectivity index (χ3n) is 5.22. The van der Waals surface area contributed by atoms with Crippen LogP contribution in [0.2, 0.25) is 0 Å². The lowest BCUT2D eigenvalue weighted by Crippen LogP contribution is -2.44.